The van der Waals surface area contributed by atoms with Gasteiger partial charge in [0.1, 0.15) is 0 Å². The molecule has 2 heterocycles. The summed E-state index contributed by atoms with van der Waals surface area (Å²) in [6.07, 6.45) is 4.83. The first-order valence-electron chi connectivity index (χ1n) is 7.75. The van der Waals surface area contributed by atoms with Crippen molar-refractivity contribution in [3.8, 4) is 0 Å². The number of carbonyl (C=O) groups is 1. The van der Waals surface area contributed by atoms with Crippen LogP contribution in [0.2, 0.25) is 0 Å². The van der Waals surface area contributed by atoms with Crippen LogP contribution in [0.5, 0.6) is 0 Å². The molecule has 2 aliphatic rings. The highest BCUT2D eigenvalue weighted by molar-refractivity contribution is 9.10. The predicted molar refractivity (Wildman–Crippen MR) is 89.5 cm³/mol. The molecule has 3 rings (SSSR count). The number of hydrogen-bond donors (Lipinski definition) is 0. The normalized spacial score (nSPS) is 28.4. The quantitative estimate of drug-likeness (QED) is 0.599. The summed E-state index contributed by atoms with van der Waals surface area (Å²) in [6, 6.07) is 8.37. The molecular formula is C18H22BrNO. The summed E-state index contributed by atoms with van der Waals surface area (Å²) >= 11 is 3.53. The monoisotopic (exact) mass is 347 g/mol. The molecule has 3 atom stereocenters. The molecule has 1 aromatic carbocycles. The van der Waals surface area contributed by atoms with Crippen molar-refractivity contribution in [1.29, 1.82) is 0 Å². The van der Waals surface area contributed by atoms with E-state index in [1.807, 2.05) is 24.3 Å². The fourth-order valence-corrected chi connectivity index (χ4v) is 4.37. The van der Waals surface area contributed by atoms with Crippen LogP contribution in [0.1, 0.15) is 37.0 Å². The summed E-state index contributed by atoms with van der Waals surface area (Å²) < 4.78 is 0.915. The van der Waals surface area contributed by atoms with Gasteiger partial charge in [0.2, 0.25) is 0 Å². The highest BCUT2D eigenvalue weighted by atomic mass is 79.9. The van der Waals surface area contributed by atoms with E-state index in [2.05, 4.69) is 40.8 Å². The Bertz CT molecular complexity index is 576. The van der Waals surface area contributed by atoms with Crippen LogP contribution in [0.3, 0.4) is 0 Å². The number of fused-ring (bicyclic) bond motifs is 1. The molecular weight excluding hydrogens is 326 g/mol. The van der Waals surface area contributed by atoms with Crippen LogP contribution in [0.25, 0.3) is 0 Å². The molecule has 0 saturated carbocycles. The molecule has 0 spiro atoms. The fourth-order valence-electron chi connectivity index (χ4n) is 3.89. The smallest absolute Gasteiger partial charge is 0.169 e. The van der Waals surface area contributed by atoms with Gasteiger partial charge in [0.15, 0.2) is 5.78 Å². The molecule has 21 heavy (non-hydrogen) atoms. The van der Waals surface area contributed by atoms with Crippen LogP contribution >= 0.6 is 15.9 Å². The van der Waals surface area contributed by atoms with E-state index in [0.717, 1.165) is 23.1 Å². The van der Waals surface area contributed by atoms with E-state index in [4.69, 9.17) is 0 Å². The molecule has 2 aliphatic heterocycles. The Morgan fingerprint density at radius 3 is 2.81 bits per heavy atom. The molecule has 0 amide bonds. The van der Waals surface area contributed by atoms with Gasteiger partial charge < -0.3 is 0 Å². The van der Waals surface area contributed by atoms with E-state index in [-0.39, 0.29) is 5.92 Å². The molecule has 0 N–H and O–H groups in total. The van der Waals surface area contributed by atoms with Crippen molar-refractivity contribution in [2.75, 3.05) is 13.1 Å². The topological polar surface area (TPSA) is 20.3 Å². The van der Waals surface area contributed by atoms with Gasteiger partial charge in [-0.15, -0.1) is 0 Å². The van der Waals surface area contributed by atoms with Crippen LogP contribution in [0.15, 0.2) is 40.4 Å². The first-order valence-corrected chi connectivity index (χ1v) is 8.55. The summed E-state index contributed by atoms with van der Waals surface area (Å²) in [4.78, 5) is 15.5. The molecule has 1 aromatic rings. The molecule has 2 nitrogen and oxygen atoms in total. The summed E-state index contributed by atoms with van der Waals surface area (Å²) in [7, 11) is 0. The minimum Gasteiger partial charge on any atom is -0.299 e. The van der Waals surface area contributed by atoms with Crippen LogP contribution in [0, 0.1) is 11.8 Å². The Hall–Kier alpha value is -0.930. The zero-order valence-corrected chi connectivity index (χ0v) is 14.3. The summed E-state index contributed by atoms with van der Waals surface area (Å²) in [5.41, 5.74) is 2.15. The molecule has 0 aromatic heterocycles. The fraction of sp³-hybridized carbons (Fsp3) is 0.500. The van der Waals surface area contributed by atoms with Crippen molar-refractivity contribution in [3.63, 3.8) is 0 Å². The minimum absolute atomic E-state index is 0.101. The zero-order chi connectivity index (χ0) is 15.0. The molecule has 0 bridgehead atoms. The number of nitrogens with zero attached hydrogens (tertiary/aromatic N) is 1. The Kier molecular flexibility index (Phi) is 4.32. The number of rotatable bonds is 3. The number of allylic oxidation sites excluding steroid dienone is 1. The van der Waals surface area contributed by atoms with Crippen LogP contribution in [-0.2, 0) is 0 Å². The van der Waals surface area contributed by atoms with E-state index in [9.17, 15) is 4.79 Å². The Morgan fingerprint density at radius 1 is 1.33 bits per heavy atom. The molecule has 2 fully saturated rings. The first-order chi connectivity index (χ1) is 10.1. The standard InChI is InChI=1S/C18H22BrNO/c1-12(2)10-14-15(11-20-9-5-8-17(14)20)18(21)13-6-3-4-7-16(13)19/h3-4,6-7,10,14-15,17H,5,8-9,11H2,1-2H3/t14-,15+,17+/m0/s1. The van der Waals surface area contributed by atoms with Crippen molar-refractivity contribution in [3.05, 3.63) is 46.0 Å². The van der Waals surface area contributed by atoms with Crippen molar-refractivity contribution < 1.29 is 4.79 Å². The Morgan fingerprint density at radius 2 is 2.10 bits per heavy atom. The van der Waals surface area contributed by atoms with Gasteiger partial charge in [-0.05, 0) is 39.3 Å². The largest absolute Gasteiger partial charge is 0.299 e. The lowest BCUT2D eigenvalue weighted by Gasteiger charge is -2.20. The van der Waals surface area contributed by atoms with Crippen molar-refractivity contribution in [2.45, 2.75) is 32.7 Å². The highest BCUT2D eigenvalue weighted by Crippen LogP contribution is 2.40. The van der Waals surface area contributed by atoms with Gasteiger partial charge in [-0.3, -0.25) is 9.69 Å². The van der Waals surface area contributed by atoms with Gasteiger partial charge in [-0.25, -0.2) is 0 Å². The maximum absolute atomic E-state index is 13.0. The van der Waals surface area contributed by atoms with Crippen molar-refractivity contribution in [2.24, 2.45) is 11.8 Å². The number of carbonyl (C=O) groups excluding carboxylic acids is 1. The number of halogens is 1. The lowest BCUT2D eigenvalue weighted by molar-refractivity contribution is 0.0905. The maximum atomic E-state index is 13.0. The molecule has 2 saturated heterocycles. The average Bonchev–Trinajstić information content (AvgIpc) is 3.01. The summed E-state index contributed by atoms with van der Waals surface area (Å²) in [6.45, 7) is 6.34. The lowest BCUT2D eigenvalue weighted by atomic mass is 9.83. The van der Waals surface area contributed by atoms with Gasteiger partial charge in [-0.2, -0.15) is 0 Å². The number of ketones is 1. The van der Waals surface area contributed by atoms with E-state index in [1.54, 1.807) is 0 Å². The van der Waals surface area contributed by atoms with Gasteiger partial charge in [-0.1, -0.05) is 45.8 Å². The van der Waals surface area contributed by atoms with Crippen LogP contribution in [0.4, 0.5) is 0 Å². The third-order valence-electron chi connectivity index (χ3n) is 4.76. The van der Waals surface area contributed by atoms with Crippen LogP contribution in [-0.4, -0.2) is 29.8 Å². The Labute approximate surface area is 135 Å². The van der Waals surface area contributed by atoms with Gasteiger partial charge in [0.25, 0.3) is 0 Å². The van der Waals surface area contributed by atoms with E-state index in [0.29, 0.717) is 17.7 Å². The van der Waals surface area contributed by atoms with Crippen LogP contribution < -0.4 is 0 Å². The number of hydrogen-bond acceptors (Lipinski definition) is 2. The van der Waals surface area contributed by atoms with E-state index in [1.165, 1.54) is 18.4 Å². The third-order valence-corrected chi connectivity index (χ3v) is 5.45. The molecule has 0 radical (unpaired) electrons. The Balaban J connectivity index is 1.91. The molecule has 112 valence electrons. The van der Waals surface area contributed by atoms with Gasteiger partial charge in [0, 0.05) is 34.5 Å². The maximum Gasteiger partial charge on any atom is 0.169 e. The molecule has 0 unspecified atom stereocenters. The predicted octanol–water partition coefficient (Wildman–Crippen LogP) is 4.31. The average molecular weight is 348 g/mol. The zero-order valence-electron chi connectivity index (χ0n) is 12.7. The number of Topliss-reactive ketones (excluding diaryl/α,β-unsaturated/α-hetero) is 1. The third kappa shape index (κ3) is 2.86. The van der Waals surface area contributed by atoms with Crippen molar-refractivity contribution in [1.82, 2.24) is 4.90 Å². The van der Waals surface area contributed by atoms with E-state index >= 15 is 0 Å². The summed E-state index contributed by atoms with van der Waals surface area (Å²) in [5, 5.41) is 0. The molecule has 0 aliphatic carbocycles. The lowest BCUT2D eigenvalue weighted by Crippen LogP contribution is -2.25. The van der Waals surface area contributed by atoms with Gasteiger partial charge in [0.05, 0.1) is 0 Å². The second kappa shape index (κ2) is 6.05. The van der Waals surface area contributed by atoms with Gasteiger partial charge >= 0.3 is 0 Å². The SMILES string of the molecule is CC(C)=C[C@@H]1[C@H]2CCCN2C[C@H]1C(=O)c1ccccc1Br. The van der Waals surface area contributed by atoms with Crippen molar-refractivity contribution >= 4 is 21.7 Å². The highest BCUT2D eigenvalue weighted by Gasteiger charge is 2.45. The second-order valence-corrected chi connectivity index (χ2v) is 7.33. The molecule has 3 heteroatoms. The summed E-state index contributed by atoms with van der Waals surface area (Å²) in [5.74, 6) is 0.764. The minimum atomic E-state index is 0.101. The number of benzene rings is 1. The second-order valence-electron chi connectivity index (χ2n) is 6.48. The first kappa shape index (κ1) is 15.0. The van der Waals surface area contributed by atoms with E-state index < -0.39 is 0 Å².